The van der Waals surface area contributed by atoms with Gasteiger partial charge >= 0.3 is 0 Å². The van der Waals surface area contributed by atoms with Crippen molar-refractivity contribution < 1.29 is 23.1 Å². The highest BCUT2D eigenvalue weighted by Gasteiger charge is 2.31. The lowest BCUT2D eigenvalue weighted by Crippen LogP contribution is -2.41. The number of piperidine rings is 1. The van der Waals surface area contributed by atoms with Crippen LogP contribution in [0.2, 0.25) is 0 Å². The number of para-hydroxylation sites is 1. The van der Waals surface area contributed by atoms with Crippen molar-refractivity contribution in [3.05, 3.63) is 77.8 Å². The molecule has 0 bridgehead atoms. The predicted molar refractivity (Wildman–Crippen MR) is 113 cm³/mol. The van der Waals surface area contributed by atoms with Gasteiger partial charge in [-0.15, -0.1) is 0 Å². The molecule has 2 aromatic carbocycles. The number of rotatable bonds is 7. The maximum absolute atomic E-state index is 13.0. The minimum absolute atomic E-state index is 0.114. The topological polar surface area (TPSA) is 64.8 Å². The zero-order chi connectivity index (χ0) is 21.6. The Morgan fingerprint density at radius 3 is 2.81 bits per heavy atom. The van der Waals surface area contributed by atoms with Crippen molar-refractivity contribution >= 4 is 5.91 Å². The fourth-order valence-corrected chi connectivity index (χ4v) is 3.84. The monoisotopic (exact) mass is 424 g/mol. The third-order valence-electron chi connectivity index (χ3n) is 5.41. The second-order valence-corrected chi connectivity index (χ2v) is 7.49. The Hall–Kier alpha value is -3.35. The standard InChI is InChI=1S/C24H25FN2O4/c1-29-22-8-3-2-6-17(22)14-20-15-26-24(31-20)21-7-4-5-13-27(21)23(28)16-30-19-11-9-18(25)10-12-19/h2-3,6,8-12,15,21H,4-5,7,13-14,16H2,1H3/t21-/m0/s1. The highest BCUT2D eigenvalue weighted by molar-refractivity contribution is 5.78. The number of methoxy groups -OCH3 is 1. The van der Waals surface area contributed by atoms with E-state index in [2.05, 4.69) is 4.98 Å². The van der Waals surface area contributed by atoms with E-state index in [1.165, 1.54) is 24.3 Å². The Bertz CT molecular complexity index is 1020. The van der Waals surface area contributed by atoms with Crippen LogP contribution in [0.4, 0.5) is 4.39 Å². The zero-order valence-corrected chi connectivity index (χ0v) is 17.4. The number of carbonyl (C=O) groups excluding carboxylic acids is 1. The van der Waals surface area contributed by atoms with E-state index >= 15 is 0 Å². The number of carbonyl (C=O) groups is 1. The average molecular weight is 424 g/mol. The third-order valence-corrected chi connectivity index (χ3v) is 5.41. The molecule has 6 nitrogen and oxygen atoms in total. The van der Waals surface area contributed by atoms with Crippen LogP contribution >= 0.6 is 0 Å². The van der Waals surface area contributed by atoms with E-state index in [1.807, 2.05) is 24.3 Å². The highest BCUT2D eigenvalue weighted by Crippen LogP contribution is 2.31. The molecular formula is C24H25FN2O4. The van der Waals surface area contributed by atoms with E-state index in [9.17, 15) is 9.18 Å². The number of amides is 1. The van der Waals surface area contributed by atoms with E-state index in [-0.39, 0.29) is 24.4 Å². The van der Waals surface area contributed by atoms with Crippen molar-refractivity contribution in [2.24, 2.45) is 0 Å². The zero-order valence-electron chi connectivity index (χ0n) is 17.4. The number of ether oxygens (including phenoxy) is 2. The number of hydrogen-bond donors (Lipinski definition) is 0. The average Bonchev–Trinajstić information content (AvgIpc) is 3.27. The summed E-state index contributed by atoms with van der Waals surface area (Å²) in [4.78, 5) is 19.1. The van der Waals surface area contributed by atoms with Gasteiger partial charge in [0.05, 0.1) is 13.3 Å². The summed E-state index contributed by atoms with van der Waals surface area (Å²) in [5, 5.41) is 0. The molecule has 1 fully saturated rings. The first-order valence-corrected chi connectivity index (χ1v) is 10.4. The van der Waals surface area contributed by atoms with Gasteiger partial charge in [-0.3, -0.25) is 4.79 Å². The summed E-state index contributed by atoms with van der Waals surface area (Å²) in [7, 11) is 1.64. The van der Waals surface area contributed by atoms with Crippen molar-refractivity contribution in [3.8, 4) is 11.5 Å². The maximum atomic E-state index is 13.0. The van der Waals surface area contributed by atoms with Gasteiger partial charge < -0.3 is 18.8 Å². The van der Waals surface area contributed by atoms with Crippen LogP contribution < -0.4 is 9.47 Å². The minimum atomic E-state index is -0.345. The van der Waals surface area contributed by atoms with Crippen LogP contribution in [0.5, 0.6) is 11.5 Å². The summed E-state index contributed by atoms with van der Waals surface area (Å²) in [6.45, 7) is 0.511. The molecular weight excluding hydrogens is 399 g/mol. The molecule has 162 valence electrons. The van der Waals surface area contributed by atoms with E-state index in [4.69, 9.17) is 13.9 Å². The molecule has 1 aliphatic heterocycles. The number of aromatic nitrogens is 1. The molecule has 1 saturated heterocycles. The first kappa shape index (κ1) is 20.9. The first-order valence-electron chi connectivity index (χ1n) is 10.4. The summed E-state index contributed by atoms with van der Waals surface area (Å²) in [5.74, 6) is 2.03. The van der Waals surface area contributed by atoms with Gasteiger partial charge in [0.2, 0.25) is 5.89 Å². The van der Waals surface area contributed by atoms with E-state index < -0.39 is 0 Å². The van der Waals surface area contributed by atoms with E-state index in [0.717, 1.165) is 36.3 Å². The molecule has 1 aliphatic rings. The van der Waals surface area contributed by atoms with Crippen molar-refractivity contribution in [1.82, 2.24) is 9.88 Å². The third kappa shape index (κ3) is 5.05. The number of likely N-dealkylation sites (tertiary alicyclic amines) is 1. The molecule has 31 heavy (non-hydrogen) atoms. The Labute approximate surface area is 180 Å². The van der Waals surface area contributed by atoms with Crippen LogP contribution in [0.15, 0.2) is 59.1 Å². The Morgan fingerprint density at radius 1 is 1.19 bits per heavy atom. The maximum Gasteiger partial charge on any atom is 0.261 e. The number of oxazole rings is 1. The SMILES string of the molecule is COc1ccccc1Cc1cnc([C@@H]2CCCCN2C(=O)COc2ccc(F)cc2)o1. The van der Waals surface area contributed by atoms with Gasteiger partial charge in [-0.05, 0) is 49.6 Å². The molecule has 2 heterocycles. The smallest absolute Gasteiger partial charge is 0.261 e. The normalized spacial score (nSPS) is 16.2. The molecule has 0 spiro atoms. The molecule has 1 atom stereocenters. The van der Waals surface area contributed by atoms with Crippen molar-refractivity contribution in [2.75, 3.05) is 20.3 Å². The summed E-state index contributed by atoms with van der Waals surface area (Å²) in [6.07, 6.45) is 4.99. The van der Waals surface area contributed by atoms with Gasteiger partial charge in [-0.2, -0.15) is 0 Å². The molecule has 0 aliphatic carbocycles. The molecule has 1 amide bonds. The molecule has 4 rings (SSSR count). The van der Waals surface area contributed by atoms with Crippen LogP contribution in [0.1, 0.15) is 42.5 Å². The van der Waals surface area contributed by atoms with Gasteiger partial charge in [0, 0.05) is 18.5 Å². The van der Waals surface area contributed by atoms with E-state index in [0.29, 0.717) is 24.6 Å². The Kier molecular flexibility index (Phi) is 6.50. The quantitative estimate of drug-likeness (QED) is 0.557. The van der Waals surface area contributed by atoms with Gasteiger partial charge in [-0.1, -0.05) is 18.2 Å². The molecule has 0 N–H and O–H groups in total. The van der Waals surface area contributed by atoms with Crippen molar-refractivity contribution in [3.63, 3.8) is 0 Å². The van der Waals surface area contributed by atoms with Crippen LogP contribution in [0, 0.1) is 5.82 Å². The second-order valence-electron chi connectivity index (χ2n) is 7.49. The first-order chi connectivity index (χ1) is 15.1. The van der Waals surface area contributed by atoms with Gasteiger partial charge in [-0.25, -0.2) is 9.37 Å². The number of nitrogens with zero attached hydrogens (tertiary/aromatic N) is 2. The van der Waals surface area contributed by atoms with Crippen LogP contribution in [-0.2, 0) is 11.2 Å². The van der Waals surface area contributed by atoms with Crippen LogP contribution in [0.3, 0.4) is 0 Å². The van der Waals surface area contributed by atoms with E-state index in [1.54, 1.807) is 18.2 Å². The lowest BCUT2D eigenvalue weighted by Gasteiger charge is -2.33. The van der Waals surface area contributed by atoms with Gasteiger partial charge in [0.1, 0.15) is 29.1 Å². The molecule has 7 heteroatoms. The fourth-order valence-electron chi connectivity index (χ4n) is 3.84. The highest BCUT2D eigenvalue weighted by atomic mass is 19.1. The second kappa shape index (κ2) is 9.64. The summed E-state index contributed by atoms with van der Waals surface area (Å²) >= 11 is 0. The summed E-state index contributed by atoms with van der Waals surface area (Å²) in [5.41, 5.74) is 1.01. The molecule has 1 aromatic heterocycles. The molecule has 3 aromatic rings. The molecule has 0 unspecified atom stereocenters. The number of halogens is 1. The van der Waals surface area contributed by atoms with Gasteiger partial charge in [0.15, 0.2) is 6.61 Å². The summed E-state index contributed by atoms with van der Waals surface area (Å²) < 4.78 is 30.0. The van der Waals surface area contributed by atoms with Crippen molar-refractivity contribution in [1.29, 1.82) is 0 Å². The van der Waals surface area contributed by atoms with Crippen LogP contribution in [-0.4, -0.2) is 36.1 Å². The lowest BCUT2D eigenvalue weighted by atomic mass is 10.0. The summed E-state index contributed by atoms with van der Waals surface area (Å²) in [6, 6.07) is 13.2. The minimum Gasteiger partial charge on any atom is -0.496 e. The van der Waals surface area contributed by atoms with Gasteiger partial charge in [0.25, 0.3) is 5.91 Å². The van der Waals surface area contributed by atoms with Crippen molar-refractivity contribution in [2.45, 2.75) is 31.7 Å². The largest absolute Gasteiger partial charge is 0.496 e. The molecule has 0 saturated carbocycles. The lowest BCUT2D eigenvalue weighted by molar-refractivity contribution is -0.137. The number of hydrogen-bond acceptors (Lipinski definition) is 5. The number of benzene rings is 2. The Balaban J connectivity index is 1.43. The molecule has 0 radical (unpaired) electrons. The Morgan fingerprint density at radius 2 is 2.00 bits per heavy atom. The predicted octanol–water partition coefficient (Wildman–Crippen LogP) is 4.55. The van der Waals surface area contributed by atoms with Crippen LogP contribution in [0.25, 0.3) is 0 Å². The fraction of sp³-hybridized carbons (Fsp3) is 0.333.